The van der Waals surface area contributed by atoms with Crippen LogP contribution in [0.1, 0.15) is 39.5 Å². The van der Waals surface area contributed by atoms with Gasteiger partial charge in [0.05, 0.1) is 7.11 Å². The van der Waals surface area contributed by atoms with Crippen LogP contribution >= 0.6 is 11.6 Å². The Bertz CT molecular complexity index is 369. The molecule has 1 aromatic rings. The molecule has 0 aliphatic heterocycles. The van der Waals surface area contributed by atoms with Gasteiger partial charge in [0, 0.05) is 13.1 Å². The second kappa shape index (κ2) is 8.87. The lowest BCUT2D eigenvalue weighted by atomic mass is 10.3. The van der Waals surface area contributed by atoms with Crippen LogP contribution in [0.2, 0.25) is 5.28 Å². The van der Waals surface area contributed by atoms with Crippen molar-refractivity contribution < 1.29 is 4.84 Å². The lowest BCUT2D eigenvalue weighted by molar-refractivity contribution is 0.267. The van der Waals surface area contributed by atoms with Crippen LogP contribution < -0.4 is 10.4 Å². The predicted octanol–water partition coefficient (Wildman–Crippen LogP) is 2.90. The van der Waals surface area contributed by atoms with Crippen molar-refractivity contribution in [2.75, 3.05) is 30.6 Å². The van der Waals surface area contributed by atoms with E-state index in [0.717, 1.165) is 38.8 Å². The molecule has 0 atom stereocenters. The first-order valence-corrected chi connectivity index (χ1v) is 7.04. The van der Waals surface area contributed by atoms with Crippen molar-refractivity contribution in [1.82, 2.24) is 15.0 Å². The first-order chi connectivity index (χ1) is 9.21. The third-order valence-corrected chi connectivity index (χ3v) is 2.80. The molecule has 0 fully saturated rings. The van der Waals surface area contributed by atoms with Crippen LogP contribution in [0.5, 0.6) is 0 Å². The van der Waals surface area contributed by atoms with Gasteiger partial charge in [-0.1, -0.05) is 26.7 Å². The number of hydrogen-bond donors (Lipinski definition) is 1. The Morgan fingerprint density at radius 3 is 2.26 bits per heavy atom. The summed E-state index contributed by atoms with van der Waals surface area (Å²) in [6.45, 7) is 6.17. The smallest absolute Gasteiger partial charge is 0.253 e. The molecule has 0 radical (unpaired) electrons. The molecule has 0 unspecified atom stereocenters. The first kappa shape index (κ1) is 15.9. The Morgan fingerprint density at radius 2 is 1.74 bits per heavy atom. The summed E-state index contributed by atoms with van der Waals surface area (Å²) in [6, 6.07) is 0. The molecule has 0 bridgehead atoms. The predicted molar refractivity (Wildman–Crippen MR) is 77.5 cm³/mol. The van der Waals surface area contributed by atoms with Gasteiger partial charge in [-0.2, -0.15) is 15.0 Å². The molecular weight excluding hydrogens is 266 g/mol. The van der Waals surface area contributed by atoms with E-state index >= 15 is 0 Å². The highest BCUT2D eigenvalue weighted by Crippen LogP contribution is 2.15. The van der Waals surface area contributed by atoms with E-state index in [4.69, 9.17) is 16.4 Å². The maximum atomic E-state index is 5.91. The van der Waals surface area contributed by atoms with Crippen LogP contribution in [-0.2, 0) is 4.84 Å². The quantitative estimate of drug-likeness (QED) is 0.705. The molecule has 0 spiro atoms. The number of halogens is 1. The number of anilines is 2. The van der Waals surface area contributed by atoms with Crippen LogP contribution in [0.4, 0.5) is 11.9 Å². The second-order valence-corrected chi connectivity index (χ2v) is 4.57. The normalized spacial score (nSPS) is 10.5. The molecule has 0 aromatic carbocycles. The van der Waals surface area contributed by atoms with Gasteiger partial charge < -0.3 is 4.90 Å². The Balaban J connectivity index is 2.85. The molecule has 108 valence electrons. The largest absolute Gasteiger partial charge is 0.341 e. The summed E-state index contributed by atoms with van der Waals surface area (Å²) in [6.07, 6.45) is 4.45. The zero-order valence-electron chi connectivity index (χ0n) is 11.8. The average Bonchev–Trinajstić information content (AvgIpc) is 2.38. The molecule has 1 aromatic heterocycles. The Morgan fingerprint density at radius 1 is 1.11 bits per heavy atom. The fraction of sp³-hybridized carbons (Fsp3) is 0.750. The molecule has 0 aliphatic carbocycles. The summed E-state index contributed by atoms with van der Waals surface area (Å²) in [5, 5.41) is 0.169. The fourth-order valence-corrected chi connectivity index (χ4v) is 1.78. The van der Waals surface area contributed by atoms with Crippen LogP contribution in [0.3, 0.4) is 0 Å². The van der Waals surface area contributed by atoms with E-state index in [2.05, 4.69) is 39.2 Å². The number of unbranched alkanes of at least 4 members (excludes halogenated alkanes) is 2. The van der Waals surface area contributed by atoms with Crippen molar-refractivity contribution in [1.29, 1.82) is 0 Å². The summed E-state index contributed by atoms with van der Waals surface area (Å²) in [5.74, 6) is 0.928. The highest BCUT2D eigenvalue weighted by atomic mass is 35.5. The van der Waals surface area contributed by atoms with Crippen molar-refractivity contribution in [3.05, 3.63) is 5.28 Å². The van der Waals surface area contributed by atoms with Gasteiger partial charge in [0.15, 0.2) is 0 Å². The zero-order chi connectivity index (χ0) is 14.1. The summed E-state index contributed by atoms with van der Waals surface area (Å²) in [7, 11) is 1.50. The highest BCUT2D eigenvalue weighted by molar-refractivity contribution is 6.28. The topological polar surface area (TPSA) is 63.2 Å². The molecule has 0 saturated carbocycles. The highest BCUT2D eigenvalue weighted by Gasteiger charge is 2.12. The van der Waals surface area contributed by atoms with Gasteiger partial charge in [-0.25, -0.2) is 5.48 Å². The number of hydrogen-bond acceptors (Lipinski definition) is 6. The van der Waals surface area contributed by atoms with Gasteiger partial charge in [-0.05, 0) is 24.4 Å². The summed E-state index contributed by atoms with van der Waals surface area (Å²) in [5.41, 5.74) is 2.58. The minimum Gasteiger partial charge on any atom is -0.341 e. The van der Waals surface area contributed by atoms with Crippen molar-refractivity contribution in [2.45, 2.75) is 39.5 Å². The molecule has 1 rings (SSSR count). The van der Waals surface area contributed by atoms with E-state index in [1.807, 2.05) is 0 Å². The maximum Gasteiger partial charge on any atom is 0.253 e. The SMILES string of the molecule is CCCCN(CCCC)c1nc(Cl)nc(NOC)n1. The molecule has 6 nitrogen and oxygen atoms in total. The molecule has 7 heteroatoms. The van der Waals surface area contributed by atoms with Gasteiger partial charge in [-0.15, -0.1) is 0 Å². The summed E-state index contributed by atoms with van der Waals surface area (Å²) in [4.78, 5) is 19.4. The average molecular weight is 288 g/mol. The third-order valence-electron chi connectivity index (χ3n) is 2.64. The van der Waals surface area contributed by atoms with Gasteiger partial charge in [-0.3, -0.25) is 4.84 Å². The van der Waals surface area contributed by atoms with Crippen molar-refractivity contribution in [3.63, 3.8) is 0 Å². The molecule has 19 heavy (non-hydrogen) atoms. The number of rotatable bonds is 9. The third kappa shape index (κ3) is 5.57. The van der Waals surface area contributed by atoms with Gasteiger partial charge in [0.1, 0.15) is 0 Å². The Kier molecular flexibility index (Phi) is 7.43. The van der Waals surface area contributed by atoms with Crippen LogP contribution in [0.15, 0.2) is 0 Å². The van der Waals surface area contributed by atoms with Crippen molar-refractivity contribution in [3.8, 4) is 0 Å². The second-order valence-electron chi connectivity index (χ2n) is 4.23. The van der Waals surface area contributed by atoms with E-state index in [9.17, 15) is 0 Å². The minimum absolute atomic E-state index is 0.169. The Hall–Kier alpha value is -1.14. The lowest BCUT2D eigenvalue weighted by Crippen LogP contribution is -2.28. The fourth-order valence-electron chi connectivity index (χ4n) is 1.63. The number of aromatic nitrogens is 3. The van der Waals surface area contributed by atoms with E-state index in [-0.39, 0.29) is 5.28 Å². The van der Waals surface area contributed by atoms with Crippen LogP contribution in [0, 0.1) is 0 Å². The lowest BCUT2D eigenvalue weighted by Gasteiger charge is -2.22. The number of nitrogens with zero attached hydrogens (tertiary/aromatic N) is 4. The zero-order valence-corrected chi connectivity index (χ0v) is 12.6. The van der Waals surface area contributed by atoms with E-state index in [0.29, 0.717) is 11.9 Å². The molecule has 1 N–H and O–H groups in total. The standard InChI is InChI=1S/C12H22ClN5O/c1-4-6-8-18(9-7-5-2)12-15-10(13)14-11(16-12)17-19-3/h4-9H2,1-3H3,(H,14,15,16,17). The van der Waals surface area contributed by atoms with Gasteiger partial charge in [0.2, 0.25) is 11.2 Å². The number of nitrogens with one attached hydrogen (secondary N) is 1. The summed E-state index contributed by atoms with van der Waals surface area (Å²) >= 11 is 5.91. The molecule has 0 saturated heterocycles. The van der Waals surface area contributed by atoms with E-state index in [1.165, 1.54) is 7.11 Å². The van der Waals surface area contributed by atoms with Gasteiger partial charge >= 0.3 is 0 Å². The molecule has 1 heterocycles. The van der Waals surface area contributed by atoms with E-state index < -0.39 is 0 Å². The first-order valence-electron chi connectivity index (χ1n) is 6.66. The molecular formula is C12H22ClN5O. The van der Waals surface area contributed by atoms with Crippen molar-refractivity contribution in [2.24, 2.45) is 0 Å². The van der Waals surface area contributed by atoms with Gasteiger partial charge in [0.25, 0.3) is 5.95 Å². The monoisotopic (exact) mass is 287 g/mol. The Labute approximate surface area is 119 Å². The molecule has 0 aliphatic rings. The van der Waals surface area contributed by atoms with Crippen molar-refractivity contribution >= 4 is 23.5 Å². The van der Waals surface area contributed by atoms with Crippen LogP contribution in [0.25, 0.3) is 0 Å². The minimum atomic E-state index is 0.169. The summed E-state index contributed by atoms with van der Waals surface area (Å²) < 4.78 is 0. The van der Waals surface area contributed by atoms with E-state index in [1.54, 1.807) is 0 Å². The maximum absolute atomic E-state index is 5.91. The molecule has 0 amide bonds. The van der Waals surface area contributed by atoms with Crippen LogP contribution in [-0.4, -0.2) is 35.2 Å².